The molecule has 1 aliphatic rings. The number of benzene rings is 1. The Kier molecular flexibility index (Phi) is 3.56. The minimum Gasteiger partial charge on any atom is -0.380 e. The van der Waals surface area contributed by atoms with E-state index in [9.17, 15) is 0 Å². The fourth-order valence-electron chi connectivity index (χ4n) is 1.59. The summed E-state index contributed by atoms with van der Waals surface area (Å²) in [5.74, 6) is 0. The Morgan fingerprint density at radius 1 is 1.43 bits per heavy atom. The molecular weight excluding hydrogens is 242 g/mol. The molecule has 3 heteroatoms. The predicted octanol–water partition coefficient (Wildman–Crippen LogP) is 2.33. The highest BCUT2D eigenvalue weighted by atomic mass is 79.9. The fraction of sp³-hybridized carbons (Fsp3) is 0.455. The van der Waals surface area contributed by atoms with Crippen LogP contribution in [0.15, 0.2) is 28.7 Å². The van der Waals surface area contributed by atoms with Crippen LogP contribution in [0.2, 0.25) is 0 Å². The van der Waals surface area contributed by atoms with Crippen molar-refractivity contribution in [3.8, 4) is 0 Å². The van der Waals surface area contributed by atoms with Gasteiger partial charge in [-0.25, -0.2) is 0 Å². The van der Waals surface area contributed by atoms with Crippen LogP contribution < -0.4 is 5.32 Å². The minimum absolute atomic E-state index is 0.530. The molecule has 0 aliphatic carbocycles. The molecule has 2 rings (SSSR count). The van der Waals surface area contributed by atoms with Crippen LogP contribution in [0.1, 0.15) is 12.0 Å². The predicted molar refractivity (Wildman–Crippen MR) is 60.2 cm³/mol. The van der Waals surface area contributed by atoms with Crippen LogP contribution in [0.5, 0.6) is 0 Å². The van der Waals surface area contributed by atoms with E-state index >= 15 is 0 Å². The molecule has 0 amide bonds. The lowest BCUT2D eigenvalue weighted by molar-refractivity contribution is 0.190. The van der Waals surface area contributed by atoms with Gasteiger partial charge in [-0.15, -0.1) is 0 Å². The summed E-state index contributed by atoms with van der Waals surface area (Å²) < 4.78 is 6.47. The van der Waals surface area contributed by atoms with Crippen LogP contribution in [0.3, 0.4) is 0 Å². The second kappa shape index (κ2) is 4.91. The third-order valence-electron chi connectivity index (χ3n) is 2.47. The maximum atomic E-state index is 5.30. The van der Waals surface area contributed by atoms with Crippen LogP contribution in [0.25, 0.3) is 0 Å². The van der Waals surface area contributed by atoms with E-state index in [-0.39, 0.29) is 0 Å². The van der Waals surface area contributed by atoms with Gasteiger partial charge in [0.15, 0.2) is 0 Å². The average Bonchev–Trinajstić information content (AvgIpc) is 2.69. The number of ether oxygens (including phenoxy) is 1. The molecule has 1 aliphatic heterocycles. The van der Waals surface area contributed by atoms with Gasteiger partial charge in [0.2, 0.25) is 0 Å². The lowest BCUT2D eigenvalue weighted by Gasteiger charge is -2.11. The van der Waals surface area contributed by atoms with Crippen LogP contribution >= 0.6 is 15.9 Å². The van der Waals surface area contributed by atoms with Gasteiger partial charge < -0.3 is 10.1 Å². The van der Waals surface area contributed by atoms with Crippen LogP contribution in [0.4, 0.5) is 0 Å². The molecule has 1 atom stereocenters. The molecule has 1 heterocycles. The molecule has 0 aromatic heterocycles. The van der Waals surface area contributed by atoms with Crippen molar-refractivity contribution >= 4 is 15.9 Å². The largest absolute Gasteiger partial charge is 0.380 e. The Balaban J connectivity index is 1.88. The molecular formula is C11H14BrNO. The molecule has 1 fully saturated rings. The van der Waals surface area contributed by atoms with E-state index < -0.39 is 0 Å². The quantitative estimate of drug-likeness (QED) is 0.896. The summed E-state index contributed by atoms with van der Waals surface area (Å²) in [5.41, 5.74) is 1.31. The third kappa shape index (κ3) is 2.56. The smallest absolute Gasteiger partial charge is 0.0620 e. The van der Waals surface area contributed by atoms with Crippen molar-refractivity contribution in [1.29, 1.82) is 0 Å². The van der Waals surface area contributed by atoms with E-state index in [0.29, 0.717) is 6.04 Å². The molecule has 1 aromatic carbocycles. The maximum absolute atomic E-state index is 5.30. The number of nitrogens with one attached hydrogen (secondary N) is 1. The van der Waals surface area contributed by atoms with Crippen molar-refractivity contribution in [3.63, 3.8) is 0 Å². The summed E-state index contributed by atoms with van der Waals surface area (Å²) in [7, 11) is 0. The van der Waals surface area contributed by atoms with E-state index in [1.54, 1.807) is 0 Å². The molecule has 1 N–H and O–H groups in total. The zero-order valence-corrected chi connectivity index (χ0v) is 9.59. The molecule has 2 nitrogen and oxygen atoms in total. The number of halogens is 1. The van der Waals surface area contributed by atoms with Crippen molar-refractivity contribution in [3.05, 3.63) is 34.3 Å². The van der Waals surface area contributed by atoms with Gasteiger partial charge in [-0.1, -0.05) is 34.1 Å². The lowest BCUT2D eigenvalue weighted by atomic mass is 10.2. The molecule has 76 valence electrons. The Bertz CT molecular complexity index is 297. The second-order valence-electron chi connectivity index (χ2n) is 3.53. The van der Waals surface area contributed by atoms with E-state index in [2.05, 4.69) is 39.4 Å². The highest BCUT2D eigenvalue weighted by Gasteiger charge is 2.14. The second-order valence-corrected chi connectivity index (χ2v) is 4.39. The first kappa shape index (κ1) is 10.1. The average molecular weight is 256 g/mol. The molecule has 0 spiro atoms. The molecule has 14 heavy (non-hydrogen) atoms. The zero-order valence-electron chi connectivity index (χ0n) is 8.00. The first-order chi connectivity index (χ1) is 6.86. The summed E-state index contributed by atoms with van der Waals surface area (Å²) in [6.07, 6.45) is 1.13. The van der Waals surface area contributed by atoms with E-state index in [1.165, 1.54) is 10.0 Å². The molecule has 1 unspecified atom stereocenters. The summed E-state index contributed by atoms with van der Waals surface area (Å²) >= 11 is 3.53. The standard InChI is InChI=1S/C11H14BrNO/c12-11-4-2-1-3-9(11)7-13-10-5-6-14-8-10/h1-4,10,13H,5-8H2. The van der Waals surface area contributed by atoms with Crippen molar-refractivity contribution in [2.75, 3.05) is 13.2 Å². The summed E-state index contributed by atoms with van der Waals surface area (Å²) in [6, 6.07) is 8.83. The number of hydrogen-bond acceptors (Lipinski definition) is 2. The van der Waals surface area contributed by atoms with Crippen molar-refractivity contribution in [2.45, 2.75) is 19.0 Å². The van der Waals surface area contributed by atoms with Crippen LogP contribution in [-0.2, 0) is 11.3 Å². The van der Waals surface area contributed by atoms with Gasteiger partial charge in [0, 0.05) is 23.7 Å². The Morgan fingerprint density at radius 3 is 3.00 bits per heavy atom. The number of rotatable bonds is 3. The summed E-state index contributed by atoms with van der Waals surface area (Å²) in [5, 5.41) is 3.48. The molecule has 1 aromatic rings. The van der Waals surface area contributed by atoms with Crippen molar-refractivity contribution in [2.24, 2.45) is 0 Å². The highest BCUT2D eigenvalue weighted by Crippen LogP contribution is 2.16. The maximum Gasteiger partial charge on any atom is 0.0620 e. The lowest BCUT2D eigenvalue weighted by Crippen LogP contribution is -2.28. The van der Waals surface area contributed by atoms with E-state index in [1.807, 2.05) is 6.07 Å². The molecule has 1 saturated heterocycles. The van der Waals surface area contributed by atoms with Crippen LogP contribution in [-0.4, -0.2) is 19.3 Å². The third-order valence-corrected chi connectivity index (χ3v) is 3.24. The minimum atomic E-state index is 0.530. The molecule has 0 saturated carbocycles. The summed E-state index contributed by atoms with van der Waals surface area (Å²) in [4.78, 5) is 0. The van der Waals surface area contributed by atoms with Gasteiger partial charge in [-0.3, -0.25) is 0 Å². The van der Waals surface area contributed by atoms with E-state index in [0.717, 1.165) is 26.2 Å². The van der Waals surface area contributed by atoms with Gasteiger partial charge in [-0.2, -0.15) is 0 Å². The Labute approximate surface area is 92.8 Å². The molecule has 0 radical (unpaired) electrons. The van der Waals surface area contributed by atoms with Crippen molar-refractivity contribution < 1.29 is 4.74 Å². The normalized spacial score (nSPS) is 21.4. The summed E-state index contributed by atoms with van der Waals surface area (Å²) in [6.45, 7) is 2.66. The zero-order chi connectivity index (χ0) is 9.80. The molecule has 0 bridgehead atoms. The first-order valence-electron chi connectivity index (χ1n) is 4.91. The van der Waals surface area contributed by atoms with Crippen LogP contribution in [0, 0.1) is 0 Å². The Hall–Kier alpha value is -0.380. The highest BCUT2D eigenvalue weighted by molar-refractivity contribution is 9.10. The Morgan fingerprint density at radius 2 is 2.29 bits per heavy atom. The van der Waals surface area contributed by atoms with Gasteiger partial charge >= 0.3 is 0 Å². The SMILES string of the molecule is Brc1ccccc1CNC1CCOC1. The fourth-order valence-corrected chi connectivity index (χ4v) is 2.02. The van der Waals surface area contributed by atoms with Crippen molar-refractivity contribution in [1.82, 2.24) is 5.32 Å². The van der Waals surface area contributed by atoms with Gasteiger partial charge in [0.1, 0.15) is 0 Å². The number of hydrogen-bond donors (Lipinski definition) is 1. The van der Waals surface area contributed by atoms with Gasteiger partial charge in [-0.05, 0) is 18.1 Å². The van der Waals surface area contributed by atoms with Gasteiger partial charge in [0.25, 0.3) is 0 Å². The van der Waals surface area contributed by atoms with E-state index in [4.69, 9.17) is 4.74 Å². The first-order valence-corrected chi connectivity index (χ1v) is 5.70. The van der Waals surface area contributed by atoms with Gasteiger partial charge in [0.05, 0.1) is 6.61 Å². The monoisotopic (exact) mass is 255 g/mol. The topological polar surface area (TPSA) is 21.3 Å².